The van der Waals surface area contributed by atoms with Crippen LogP contribution in [0.5, 0.6) is 0 Å². The van der Waals surface area contributed by atoms with Crippen LogP contribution in [0, 0.1) is 5.92 Å². The summed E-state index contributed by atoms with van der Waals surface area (Å²) >= 11 is 1.63. The standard InChI is InChI=1S/C25H29N5O3S/c26-23(32)16-9-12-29(13-10-16)19-7-3-2-6-18(19)28-21(31)11-14-30-15-27-24-22(25(30)33)17-5-1-4-8-20(17)34-24/h2-3,6-7,15-16H,1,4-5,8-14H2,(H2,26,32)(H,28,31). The van der Waals surface area contributed by atoms with E-state index in [9.17, 15) is 14.4 Å². The van der Waals surface area contributed by atoms with Crippen molar-refractivity contribution in [2.75, 3.05) is 23.3 Å². The topological polar surface area (TPSA) is 110 Å². The van der Waals surface area contributed by atoms with Gasteiger partial charge < -0.3 is 16.0 Å². The smallest absolute Gasteiger partial charge is 0.262 e. The Morgan fingerprint density at radius 1 is 1.15 bits per heavy atom. The number of anilines is 2. The summed E-state index contributed by atoms with van der Waals surface area (Å²) in [6, 6.07) is 7.68. The van der Waals surface area contributed by atoms with E-state index in [4.69, 9.17) is 5.73 Å². The molecule has 3 N–H and O–H groups in total. The zero-order chi connectivity index (χ0) is 23.7. The van der Waals surface area contributed by atoms with Crippen molar-refractivity contribution in [3.05, 3.63) is 51.4 Å². The van der Waals surface area contributed by atoms with Gasteiger partial charge in [-0.2, -0.15) is 0 Å². The van der Waals surface area contributed by atoms with Crippen LogP contribution in [0.2, 0.25) is 0 Å². The number of hydrogen-bond donors (Lipinski definition) is 2. The Bertz CT molecular complexity index is 1290. The number of carbonyl (C=O) groups excluding carboxylic acids is 2. The molecule has 0 spiro atoms. The second kappa shape index (κ2) is 9.58. The Balaban J connectivity index is 1.26. The second-order valence-electron chi connectivity index (χ2n) is 9.11. The molecular weight excluding hydrogens is 450 g/mol. The summed E-state index contributed by atoms with van der Waals surface area (Å²) in [5.74, 6) is -0.484. The lowest BCUT2D eigenvalue weighted by atomic mass is 9.96. The molecule has 2 amide bonds. The summed E-state index contributed by atoms with van der Waals surface area (Å²) in [6.45, 7) is 1.71. The third-order valence-corrected chi connectivity index (χ3v) is 8.14. The van der Waals surface area contributed by atoms with Crippen LogP contribution in [0.4, 0.5) is 11.4 Å². The number of thiophene rings is 1. The Labute approximate surface area is 201 Å². The zero-order valence-electron chi connectivity index (χ0n) is 19.1. The lowest BCUT2D eigenvalue weighted by Crippen LogP contribution is -2.38. The van der Waals surface area contributed by atoms with Crippen molar-refractivity contribution in [3.63, 3.8) is 0 Å². The number of fused-ring (bicyclic) bond motifs is 3. The molecular formula is C25H29N5O3S. The number of rotatable bonds is 6. The lowest BCUT2D eigenvalue weighted by molar-refractivity contribution is -0.122. The zero-order valence-corrected chi connectivity index (χ0v) is 19.9. The largest absolute Gasteiger partial charge is 0.370 e. The second-order valence-corrected chi connectivity index (χ2v) is 10.2. The van der Waals surface area contributed by atoms with Gasteiger partial charge in [-0.15, -0.1) is 11.3 Å². The average Bonchev–Trinajstić information content (AvgIpc) is 3.23. The highest BCUT2D eigenvalue weighted by Crippen LogP contribution is 2.33. The molecule has 1 aliphatic heterocycles. The minimum Gasteiger partial charge on any atom is -0.370 e. The fourth-order valence-electron chi connectivity index (χ4n) is 5.04. The number of nitrogens with two attached hydrogens (primary N) is 1. The summed E-state index contributed by atoms with van der Waals surface area (Å²) in [4.78, 5) is 46.2. The Morgan fingerprint density at radius 3 is 2.71 bits per heavy atom. The normalized spacial score (nSPS) is 16.4. The van der Waals surface area contributed by atoms with Crippen molar-refractivity contribution in [2.45, 2.75) is 51.5 Å². The van der Waals surface area contributed by atoms with Crippen LogP contribution in [-0.4, -0.2) is 34.5 Å². The molecule has 0 atom stereocenters. The third kappa shape index (κ3) is 4.44. The first kappa shape index (κ1) is 22.6. The summed E-state index contributed by atoms with van der Waals surface area (Å²) < 4.78 is 1.56. The van der Waals surface area contributed by atoms with E-state index in [0.717, 1.165) is 46.4 Å². The molecule has 0 saturated carbocycles. The maximum Gasteiger partial charge on any atom is 0.262 e. The van der Waals surface area contributed by atoms with Gasteiger partial charge in [0.15, 0.2) is 0 Å². The summed E-state index contributed by atoms with van der Waals surface area (Å²) in [7, 11) is 0. The SMILES string of the molecule is NC(=O)C1CCN(c2ccccc2NC(=O)CCn2cnc3sc4c(c3c2=O)CCCC4)CC1. The summed E-state index contributed by atoms with van der Waals surface area (Å²) in [5.41, 5.74) is 8.24. The van der Waals surface area contributed by atoms with E-state index >= 15 is 0 Å². The molecule has 178 valence electrons. The molecule has 1 aliphatic carbocycles. The highest BCUT2D eigenvalue weighted by atomic mass is 32.1. The number of nitrogens with zero attached hydrogens (tertiary/aromatic N) is 3. The van der Waals surface area contributed by atoms with E-state index in [1.54, 1.807) is 22.2 Å². The number of aromatic nitrogens is 2. The molecule has 0 radical (unpaired) electrons. The quantitative estimate of drug-likeness (QED) is 0.565. The van der Waals surface area contributed by atoms with E-state index in [0.29, 0.717) is 25.9 Å². The van der Waals surface area contributed by atoms with Crippen LogP contribution in [-0.2, 0) is 29.0 Å². The lowest BCUT2D eigenvalue weighted by Gasteiger charge is -2.33. The molecule has 3 aromatic rings. The molecule has 2 aromatic heterocycles. The van der Waals surface area contributed by atoms with Crippen LogP contribution < -0.4 is 21.5 Å². The molecule has 1 saturated heterocycles. The van der Waals surface area contributed by atoms with Crippen molar-refractivity contribution in [1.82, 2.24) is 9.55 Å². The number of carbonyl (C=O) groups is 2. The first-order valence-electron chi connectivity index (χ1n) is 11.9. The van der Waals surface area contributed by atoms with Gasteiger partial charge in [-0.3, -0.25) is 19.0 Å². The third-order valence-electron chi connectivity index (χ3n) is 6.94. The molecule has 34 heavy (non-hydrogen) atoms. The monoisotopic (exact) mass is 479 g/mol. The predicted octanol–water partition coefficient (Wildman–Crippen LogP) is 3.07. The van der Waals surface area contributed by atoms with Gasteiger partial charge in [0.25, 0.3) is 5.56 Å². The summed E-state index contributed by atoms with van der Waals surface area (Å²) in [6.07, 6.45) is 7.40. The van der Waals surface area contributed by atoms with Crippen molar-refractivity contribution in [2.24, 2.45) is 11.7 Å². The van der Waals surface area contributed by atoms with Crippen molar-refractivity contribution >= 4 is 44.7 Å². The van der Waals surface area contributed by atoms with Gasteiger partial charge in [0.2, 0.25) is 11.8 Å². The molecule has 2 aliphatic rings. The van der Waals surface area contributed by atoms with Crippen LogP contribution in [0.1, 0.15) is 42.5 Å². The molecule has 8 nitrogen and oxygen atoms in total. The molecule has 1 fully saturated rings. The molecule has 9 heteroatoms. The van der Waals surface area contributed by atoms with Gasteiger partial charge in [-0.25, -0.2) is 4.98 Å². The first-order valence-corrected chi connectivity index (χ1v) is 12.8. The first-order chi connectivity index (χ1) is 16.5. The Morgan fingerprint density at radius 2 is 1.91 bits per heavy atom. The van der Waals surface area contributed by atoms with Crippen LogP contribution in [0.15, 0.2) is 35.4 Å². The van der Waals surface area contributed by atoms with E-state index in [2.05, 4.69) is 15.2 Å². The minimum absolute atomic E-state index is 0.0464. The van der Waals surface area contributed by atoms with E-state index in [1.165, 1.54) is 11.3 Å². The number of amides is 2. The van der Waals surface area contributed by atoms with Gasteiger partial charge in [0.1, 0.15) is 4.83 Å². The number of aryl methyl sites for hydroxylation is 3. The maximum absolute atomic E-state index is 13.1. The number of piperidine rings is 1. The minimum atomic E-state index is -0.243. The number of hydrogen-bond acceptors (Lipinski definition) is 6. The molecule has 0 bridgehead atoms. The molecule has 0 unspecified atom stereocenters. The summed E-state index contributed by atoms with van der Waals surface area (Å²) in [5, 5.41) is 3.75. The van der Waals surface area contributed by atoms with Crippen LogP contribution >= 0.6 is 11.3 Å². The van der Waals surface area contributed by atoms with Gasteiger partial charge in [0.05, 0.1) is 23.1 Å². The van der Waals surface area contributed by atoms with Crippen LogP contribution in [0.3, 0.4) is 0 Å². The highest BCUT2D eigenvalue weighted by Gasteiger charge is 2.25. The molecule has 5 rings (SSSR count). The Hall–Kier alpha value is -3.20. The van der Waals surface area contributed by atoms with Gasteiger partial charge in [-0.1, -0.05) is 12.1 Å². The van der Waals surface area contributed by atoms with Crippen molar-refractivity contribution < 1.29 is 9.59 Å². The fraction of sp³-hybridized carbons (Fsp3) is 0.440. The molecule has 1 aromatic carbocycles. The van der Waals surface area contributed by atoms with Gasteiger partial charge in [0, 0.05) is 36.9 Å². The molecule has 3 heterocycles. The maximum atomic E-state index is 13.1. The fourth-order valence-corrected chi connectivity index (χ4v) is 6.25. The number of primary amides is 1. The Kier molecular flexibility index (Phi) is 6.36. The predicted molar refractivity (Wildman–Crippen MR) is 134 cm³/mol. The van der Waals surface area contributed by atoms with Crippen molar-refractivity contribution in [1.29, 1.82) is 0 Å². The van der Waals surface area contributed by atoms with E-state index in [1.807, 2.05) is 24.3 Å². The van der Waals surface area contributed by atoms with Gasteiger partial charge >= 0.3 is 0 Å². The van der Waals surface area contributed by atoms with E-state index < -0.39 is 0 Å². The van der Waals surface area contributed by atoms with Gasteiger partial charge in [-0.05, 0) is 56.2 Å². The number of para-hydroxylation sites is 2. The van der Waals surface area contributed by atoms with E-state index in [-0.39, 0.29) is 36.3 Å². The number of benzene rings is 1. The number of nitrogens with one attached hydrogen (secondary N) is 1. The highest BCUT2D eigenvalue weighted by molar-refractivity contribution is 7.18. The van der Waals surface area contributed by atoms with Crippen LogP contribution in [0.25, 0.3) is 10.2 Å². The van der Waals surface area contributed by atoms with Crippen molar-refractivity contribution in [3.8, 4) is 0 Å². The average molecular weight is 480 g/mol.